The highest BCUT2D eigenvalue weighted by molar-refractivity contribution is 5.87. The van der Waals surface area contributed by atoms with Gasteiger partial charge in [-0.2, -0.15) is 22.0 Å². The lowest BCUT2D eigenvalue weighted by molar-refractivity contribution is -0.189. The lowest BCUT2D eigenvalue weighted by Gasteiger charge is -2.26. The van der Waals surface area contributed by atoms with Crippen molar-refractivity contribution in [3.8, 4) is 28.7 Å². The third kappa shape index (κ3) is 6.49. The standard InChI is InChI=1S/C33H22F10O/c1-17-2-4-18(5-3-17)19-6-8-20(9-7-19)21-13-27(36)30(28(37)14-21)33(42,43)44-23-12-22-15-25(34)24(10-11-32(39,40)41)31(38)29(22)26(35)16-23/h6-9,12-18H,2-5H2,1H3. The molecule has 0 saturated heterocycles. The van der Waals surface area contributed by atoms with Gasteiger partial charge in [0.05, 0.1) is 10.9 Å². The van der Waals surface area contributed by atoms with Crippen molar-refractivity contribution in [2.75, 3.05) is 0 Å². The fourth-order valence-corrected chi connectivity index (χ4v) is 5.45. The number of benzene rings is 4. The average molecular weight is 625 g/mol. The summed E-state index contributed by atoms with van der Waals surface area (Å²) in [5.74, 6) is -6.54. The van der Waals surface area contributed by atoms with Crippen molar-refractivity contribution in [3.63, 3.8) is 0 Å². The summed E-state index contributed by atoms with van der Waals surface area (Å²) >= 11 is 0. The van der Waals surface area contributed by atoms with Crippen LogP contribution in [0.3, 0.4) is 0 Å². The summed E-state index contributed by atoms with van der Waals surface area (Å²) < 4.78 is 145. The zero-order chi connectivity index (χ0) is 32.0. The number of hydrogen-bond donors (Lipinski definition) is 0. The Hall–Kier alpha value is -4.20. The van der Waals surface area contributed by atoms with E-state index in [4.69, 9.17) is 0 Å². The Morgan fingerprint density at radius 1 is 0.705 bits per heavy atom. The van der Waals surface area contributed by atoms with Crippen molar-refractivity contribution in [2.45, 2.75) is 50.8 Å². The van der Waals surface area contributed by atoms with Gasteiger partial charge in [-0.15, -0.1) is 0 Å². The van der Waals surface area contributed by atoms with Crippen LogP contribution in [0.15, 0.2) is 54.6 Å². The summed E-state index contributed by atoms with van der Waals surface area (Å²) in [6.07, 6.45) is -5.57. The van der Waals surface area contributed by atoms with Crippen molar-refractivity contribution in [3.05, 3.63) is 100 Å². The summed E-state index contributed by atoms with van der Waals surface area (Å²) in [5.41, 5.74) is -1.74. The molecular formula is C33H22F10O. The van der Waals surface area contributed by atoms with Crippen molar-refractivity contribution < 1.29 is 48.6 Å². The molecule has 1 nitrogen and oxygen atoms in total. The lowest BCUT2D eigenvalue weighted by atomic mass is 9.79. The Labute approximate surface area is 245 Å². The molecule has 11 heteroatoms. The highest BCUT2D eigenvalue weighted by atomic mass is 19.4. The molecule has 1 saturated carbocycles. The minimum absolute atomic E-state index is 0.0181. The lowest BCUT2D eigenvalue weighted by Crippen LogP contribution is -2.25. The molecule has 230 valence electrons. The second-order valence-electron chi connectivity index (χ2n) is 10.8. The molecular weight excluding hydrogens is 602 g/mol. The van der Waals surface area contributed by atoms with Crippen LogP contribution in [0.2, 0.25) is 0 Å². The number of fused-ring (bicyclic) bond motifs is 1. The van der Waals surface area contributed by atoms with Crippen LogP contribution < -0.4 is 4.74 Å². The van der Waals surface area contributed by atoms with Gasteiger partial charge in [-0.3, -0.25) is 0 Å². The van der Waals surface area contributed by atoms with E-state index in [9.17, 15) is 35.1 Å². The second-order valence-corrected chi connectivity index (χ2v) is 10.8. The zero-order valence-corrected chi connectivity index (χ0v) is 22.9. The summed E-state index contributed by atoms with van der Waals surface area (Å²) in [6, 6.07) is 9.48. The number of halogens is 10. The number of hydrogen-bond acceptors (Lipinski definition) is 1. The van der Waals surface area contributed by atoms with Gasteiger partial charge in [-0.1, -0.05) is 50.0 Å². The zero-order valence-electron chi connectivity index (χ0n) is 22.9. The van der Waals surface area contributed by atoms with Gasteiger partial charge < -0.3 is 4.74 Å². The molecule has 0 unspecified atom stereocenters. The van der Waals surface area contributed by atoms with Gasteiger partial charge in [0, 0.05) is 12.0 Å². The minimum atomic E-state index is -5.10. The second kappa shape index (κ2) is 11.7. The van der Waals surface area contributed by atoms with Gasteiger partial charge in [-0.25, -0.2) is 22.0 Å². The minimum Gasteiger partial charge on any atom is -0.429 e. The van der Waals surface area contributed by atoms with Crippen LogP contribution in [0.5, 0.6) is 5.75 Å². The highest BCUT2D eigenvalue weighted by Gasteiger charge is 2.41. The predicted molar refractivity (Wildman–Crippen MR) is 143 cm³/mol. The van der Waals surface area contributed by atoms with Crippen LogP contribution in [0.25, 0.3) is 21.9 Å². The molecule has 0 spiro atoms. The summed E-state index contributed by atoms with van der Waals surface area (Å²) in [7, 11) is 0. The first-order chi connectivity index (χ1) is 20.6. The van der Waals surface area contributed by atoms with E-state index in [0.29, 0.717) is 47.6 Å². The maximum Gasteiger partial charge on any atom is 0.458 e. The van der Waals surface area contributed by atoms with E-state index in [0.717, 1.165) is 31.2 Å². The van der Waals surface area contributed by atoms with Crippen molar-refractivity contribution in [1.29, 1.82) is 0 Å². The normalized spacial score (nSPS) is 17.3. The van der Waals surface area contributed by atoms with E-state index in [1.54, 1.807) is 12.1 Å². The Kier molecular flexibility index (Phi) is 8.31. The SMILES string of the molecule is CC1CCC(c2ccc(-c3cc(F)c(C(F)(F)Oc4cc(F)c5c(F)c(C#CC(F)(F)F)c(F)cc5c4)c(F)c3)cc2)CC1. The van der Waals surface area contributed by atoms with Crippen LogP contribution in [-0.4, -0.2) is 6.18 Å². The quantitative estimate of drug-likeness (QED) is 0.159. The Morgan fingerprint density at radius 3 is 1.91 bits per heavy atom. The molecule has 4 aromatic carbocycles. The molecule has 4 aromatic rings. The Bertz CT molecular complexity index is 1750. The van der Waals surface area contributed by atoms with Crippen molar-refractivity contribution in [2.24, 2.45) is 5.92 Å². The third-order valence-electron chi connectivity index (χ3n) is 7.69. The smallest absolute Gasteiger partial charge is 0.429 e. The molecule has 0 amide bonds. The maximum absolute atomic E-state index is 15.1. The predicted octanol–water partition coefficient (Wildman–Crippen LogP) is 10.5. The monoisotopic (exact) mass is 624 g/mol. The molecule has 5 rings (SSSR count). The first kappa shape index (κ1) is 31.2. The van der Waals surface area contributed by atoms with Crippen molar-refractivity contribution in [1.82, 2.24) is 0 Å². The van der Waals surface area contributed by atoms with Crippen LogP contribution >= 0.6 is 0 Å². The van der Waals surface area contributed by atoms with E-state index in [1.807, 2.05) is 12.1 Å². The number of rotatable bonds is 5. The third-order valence-corrected chi connectivity index (χ3v) is 7.69. The molecule has 1 fully saturated rings. The first-order valence-corrected chi connectivity index (χ1v) is 13.5. The van der Waals surface area contributed by atoms with Gasteiger partial charge in [0.15, 0.2) is 5.82 Å². The molecule has 0 heterocycles. The van der Waals surface area contributed by atoms with E-state index >= 15 is 8.78 Å². The summed E-state index contributed by atoms with van der Waals surface area (Å²) in [6.45, 7) is 2.20. The van der Waals surface area contributed by atoms with Crippen LogP contribution in [0.4, 0.5) is 43.9 Å². The molecule has 0 bridgehead atoms. The van der Waals surface area contributed by atoms with Gasteiger partial charge >= 0.3 is 12.3 Å². The van der Waals surface area contributed by atoms with Crippen LogP contribution in [0, 0.1) is 46.8 Å². The van der Waals surface area contributed by atoms with E-state index in [-0.39, 0.29) is 11.6 Å². The fraction of sp³-hybridized carbons (Fsp3) is 0.273. The molecule has 44 heavy (non-hydrogen) atoms. The van der Waals surface area contributed by atoms with E-state index in [1.165, 1.54) is 5.92 Å². The molecule has 1 aliphatic carbocycles. The molecule has 0 atom stereocenters. The number of alkyl halides is 5. The van der Waals surface area contributed by atoms with Gasteiger partial charge in [0.25, 0.3) is 0 Å². The van der Waals surface area contributed by atoms with Crippen molar-refractivity contribution >= 4 is 10.8 Å². The summed E-state index contributed by atoms with van der Waals surface area (Å²) in [5, 5.41) is -1.77. The fourth-order valence-electron chi connectivity index (χ4n) is 5.45. The molecule has 0 aliphatic heterocycles. The van der Waals surface area contributed by atoms with Gasteiger partial charge in [0.1, 0.15) is 34.6 Å². The van der Waals surface area contributed by atoms with Gasteiger partial charge in [-0.05, 0) is 71.0 Å². The molecule has 0 radical (unpaired) electrons. The Morgan fingerprint density at radius 2 is 1.32 bits per heavy atom. The molecule has 0 N–H and O–H groups in total. The van der Waals surface area contributed by atoms with Crippen LogP contribution in [-0.2, 0) is 6.11 Å². The molecule has 0 aromatic heterocycles. The van der Waals surface area contributed by atoms with Crippen LogP contribution in [0.1, 0.15) is 55.2 Å². The Balaban J connectivity index is 1.42. The highest BCUT2D eigenvalue weighted by Crippen LogP contribution is 2.40. The largest absolute Gasteiger partial charge is 0.458 e. The van der Waals surface area contributed by atoms with E-state index in [2.05, 4.69) is 11.7 Å². The van der Waals surface area contributed by atoms with E-state index < -0.39 is 69.0 Å². The topological polar surface area (TPSA) is 9.23 Å². The first-order valence-electron chi connectivity index (χ1n) is 13.5. The summed E-state index contributed by atoms with van der Waals surface area (Å²) in [4.78, 5) is 0. The number of ether oxygens (including phenoxy) is 1. The van der Waals surface area contributed by atoms with Gasteiger partial charge in [0.2, 0.25) is 0 Å². The molecule has 1 aliphatic rings. The average Bonchev–Trinajstić information content (AvgIpc) is 2.91. The maximum atomic E-state index is 15.1.